The van der Waals surface area contributed by atoms with Gasteiger partial charge in [0.1, 0.15) is 0 Å². The fraction of sp³-hybridized carbons (Fsp3) is 0.263. The molecule has 1 heterocycles. The molecule has 4 heteroatoms. The van der Waals surface area contributed by atoms with E-state index >= 15 is 0 Å². The number of fused-ring (bicyclic) bond motifs is 1. The average molecular weight is 310 g/mol. The summed E-state index contributed by atoms with van der Waals surface area (Å²) in [6, 6.07) is 12.5. The van der Waals surface area contributed by atoms with E-state index in [4.69, 9.17) is 9.47 Å². The number of hydrogen-bond acceptors (Lipinski definition) is 4. The molecule has 120 valence electrons. The predicted octanol–water partition coefficient (Wildman–Crippen LogP) is 4.50. The van der Waals surface area contributed by atoms with E-state index in [-0.39, 0.29) is 0 Å². The lowest BCUT2D eigenvalue weighted by atomic mass is 10.0. The number of hydrogen-bond donors (Lipinski definition) is 2. The Bertz CT molecular complexity index is 740. The third-order valence-corrected chi connectivity index (χ3v) is 4.01. The molecule has 0 radical (unpaired) electrons. The molecule has 2 aromatic carbocycles. The molecule has 0 spiro atoms. The molecule has 0 aromatic heterocycles. The summed E-state index contributed by atoms with van der Waals surface area (Å²) in [5.74, 6) is 1.45. The van der Waals surface area contributed by atoms with Crippen LogP contribution < -0.4 is 20.1 Å². The Hall–Kier alpha value is -2.62. The number of methoxy groups -OCH3 is 2. The van der Waals surface area contributed by atoms with Gasteiger partial charge >= 0.3 is 0 Å². The molecule has 0 unspecified atom stereocenters. The molecule has 23 heavy (non-hydrogen) atoms. The minimum Gasteiger partial charge on any atom is -0.493 e. The SMILES string of the molecule is C=C1C[C@@H](C)Nc2c(cccc2-c2ccc(OC)c(OC)c2)N1. The van der Waals surface area contributed by atoms with Crippen LogP contribution in [-0.4, -0.2) is 20.3 Å². The third kappa shape index (κ3) is 2.97. The maximum Gasteiger partial charge on any atom is 0.161 e. The summed E-state index contributed by atoms with van der Waals surface area (Å²) in [5.41, 5.74) is 5.36. The van der Waals surface area contributed by atoms with Gasteiger partial charge in [0, 0.05) is 23.7 Å². The van der Waals surface area contributed by atoms with E-state index in [1.165, 1.54) is 0 Å². The highest BCUT2D eigenvalue weighted by molar-refractivity contribution is 5.89. The van der Waals surface area contributed by atoms with Crippen LogP contribution in [0, 0.1) is 0 Å². The van der Waals surface area contributed by atoms with Crippen LogP contribution in [0.25, 0.3) is 11.1 Å². The van der Waals surface area contributed by atoms with Gasteiger partial charge in [0.05, 0.1) is 25.6 Å². The van der Waals surface area contributed by atoms with Crippen molar-refractivity contribution in [3.8, 4) is 22.6 Å². The van der Waals surface area contributed by atoms with Crippen LogP contribution in [-0.2, 0) is 0 Å². The number of nitrogens with one attached hydrogen (secondary N) is 2. The smallest absolute Gasteiger partial charge is 0.161 e. The maximum atomic E-state index is 5.43. The first-order valence-corrected chi connectivity index (χ1v) is 7.69. The second-order valence-electron chi connectivity index (χ2n) is 5.78. The Labute approximate surface area is 137 Å². The molecule has 3 rings (SSSR count). The number of anilines is 2. The van der Waals surface area contributed by atoms with E-state index in [0.717, 1.165) is 46.1 Å². The Kier molecular flexibility index (Phi) is 4.15. The Morgan fingerprint density at radius 2 is 1.87 bits per heavy atom. The van der Waals surface area contributed by atoms with Gasteiger partial charge in [-0.2, -0.15) is 0 Å². The summed E-state index contributed by atoms with van der Waals surface area (Å²) in [5, 5.41) is 6.99. The van der Waals surface area contributed by atoms with Gasteiger partial charge in [-0.05, 0) is 30.7 Å². The minimum atomic E-state index is 0.317. The highest BCUT2D eigenvalue weighted by Gasteiger charge is 2.18. The second-order valence-corrected chi connectivity index (χ2v) is 5.78. The first kappa shape index (κ1) is 15.3. The quantitative estimate of drug-likeness (QED) is 0.876. The molecule has 1 aliphatic heterocycles. The van der Waals surface area contributed by atoms with E-state index in [2.05, 4.69) is 36.3 Å². The summed E-state index contributed by atoms with van der Waals surface area (Å²) >= 11 is 0. The van der Waals surface area contributed by atoms with Crippen LogP contribution in [0.15, 0.2) is 48.7 Å². The molecule has 0 fully saturated rings. The van der Waals surface area contributed by atoms with Crippen molar-refractivity contribution in [3.05, 3.63) is 48.7 Å². The molecule has 2 aromatic rings. The van der Waals surface area contributed by atoms with Crippen molar-refractivity contribution in [2.75, 3.05) is 24.9 Å². The van der Waals surface area contributed by atoms with Crippen LogP contribution in [0.4, 0.5) is 11.4 Å². The summed E-state index contributed by atoms with van der Waals surface area (Å²) in [4.78, 5) is 0. The van der Waals surface area contributed by atoms with Crippen molar-refractivity contribution in [1.29, 1.82) is 0 Å². The molecule has 0 saturated carbocycles. The van der Waals surface area contributed by atoms with Crippen molar-refractivity contribution in [3.63, 3.8) is 0 Å². The van der Waals surface area contributed by atoms with Crippen molar-refractivity contribution in [2.24, 2.45) is 0 Å². The van der Waals surface area contributed by atoms with Gasteiger partial charge in [0.15, 0.2) is 11.5 Å². The monoisotopic (exact) mass is 310 g/mol. The van der Waals surface area contributed by atoms with Crippen LogP contribution in [0.1, 0.15) is 13.3 Å². The summed E-state index contributed by atoms with van der Waals surface area (Å²) in [7, 11) is 3.30. The average Bonchev–Trinajstić information content (AvgIpc) is 2.70. The highest BCUT2D eigenvalue weighted by Crippen LogP contribution is 2.40. The summed E-state index contributed by atoms with van der Waals surface area (Å²) in [6.07, 6.45) is 0.889. The van der Waals surface area contributed by atoms with Gasteiger partial charge in [-0.25, -0.2) is 0 Å². The number of benzene rings is 2. The highest BCUT2D eigenvalue weighted by atomic mass is 16.5. The largest absolute Gasteiger partial charge is 0.493 e. The second kappa shape index (κ2) is 6.24. The molecular formula is C19H22N2O2. The Morgan fingerprint density at radius 1 is 1.09 bits per heavy atom. The third-order valence-electron chi connectivity index (χ3n) is 4.01. The number of para-hydroxylation sites is 1. The van der Waals surface area contributed by atoms with E-state index in [0.29, 0.717) is 6.04 Å². The van der Waals surface area contributed by atoms with Gasteiger partial charge < -0.3 is 20.1 Å². The minimum absolute atomic E-state index is 0.317. The predicted molar refractivity (Wildman–Crippen MR) is 95.4 cm³/mol. The van der Waals surface area contributed by atoms with E-state index in [1.807, 2.05) is 24.3 Å². The van der Waals surface area contributed by atoms with Crippen molar-refractivity contribution >= 4 is 11.4 Å². The molecule has 4 nitrogen and oxygen atoms in total. The van der Waals surface area contributed by atoms with Crippen molar-refractivity contribution in [2.45, 2.75) is 19.4 Å². The molecule has 2 N–H and O–H groups in total. The van der Waals surface area contributed by atoms with Crippen LogP contribution in [0.2, 0.25) is 0 Å². The van der Waals surface area contributed by atoms with Crippen LogP contribution >= 0.6 is 0 Å². The zero-order chi connectivity index (χ0) is 16.4. The van der Waals surface area contributed by atoms with Gasteiger partial charge in [0.2, 0.25) is 0 Å². The fourth-order valence-corrected chi connectivity index (χ4v) is 2.96. The molecule has 0 bridgehead atoms. The van der Waals surface area contributed by atoms with E-state index < -0.39 is 0 Å². The zero-order valence-electron chi connectivity index (χ0n) is 13.8. The fourth-order valence-electron chi connectivity index (χ4n) is 2.96. The lowest BCUT2D eigenvalue weighted by molar-refractivity contribution is 0.355. The first-order chi connectivity index (χ1) is 11.1. The zero-order valence-corrected chi connectivity index (χ0v) is 13.8. The molecule has 1 aliphatic rings. The normalized spacial score (nSPS) is 16.7. The maximum absolute atomic E-state index is 5.43. The standard InChI is InChI=1S/C19H22N2O2/c1-12-10-13(2)21-19-15(6-5-7-16(19)20-12)14-8-9-17(22-3)18(11-14)23-4/h5-9,11,13,20-21H,1,10H2,2-4H3/t13-/m1/s1. The number of rotatable bonds is 3. The van der Waals surface area contributed by atoms with Gasteiger partial charge in [-0.1, -0.05) is 24.8 Å². The molecule has 0 saturated heterocycles. The topological polar surface area (TPSA) is 42.5 Å². The lowest BCUT2D eigenvalue weighted by Gasteiger charge is -2.18. The lowest BCUT2D eigenvalue weighted by Crippen LogP contribution is -2.14. The Balaban J connectivity index is 2.11. The van der Waals surface area contributed by atoms with Crippen LogP contribution in [0.3, 0.4) is 0 Å². The van der Waals surface area contributed by atoms with E-state index in [9.17, 15) is 0 Å². The van der Waals surface area contributed by atoms with Crippen molar-refractivity contribution < 1.29 is 9.47 Å². The summed E-state index contributed by atoms with van der Waals surface area (Å²) < 4.78 is 10.8. The molecule has 0 aliphatic carbocycles. The molecular weight excluding hydrogens is 288 g/mol. The van der Waals surface area contributed by atoms with Gasteiger partial charge in [-0.15, -0.1) is 0 Å². The summed E-state index contributed by atoms with van der Waals surface area (Å²) in [6.45, 7) is 6.25. The van der Waals surface area contributed by atoms with E-state index in [1.54, 1.807) is 14.2 Å². The van der Waals surface area contributed by atoms with Crippen LogP contribution in [0.5, 0.6) is 11.5 Å². The molecule has 0 amide bonds. The molecule has 1 atom stereocenters. The Morgan fingerprint density at radius 3 is 2.61 bits per heavy atom. The van der Waals surface area contributed by atoms with Gasteiger partial charge in [-0.3, -0.25) is 0 Å². The van der Waals surface area contributed by atoms with Gasteiger partial charge in [0.25, 0.3) is 0 Å². The van der Waals surface area contributed by atoms with Crippen molar-refractivity contribution in [1.82, 2.24) is 0 Å². The number of ether oxygens (including phenoxy) is 2. The first-order valence-electron chi connectivity index (χ1n) is 7.69.